The van der Waals surface area contributed by atoms with Gasteiger partial charge in [0.05, 0.1) is 12.6 Å². The fourth-order valence-electron chi connectivity index (χ4n) is 0.964. The summed E-state index contributed by atoms with van der Waals surface area (Å²) in [5.74, 6) is 1.65. The normalized spacial score (nSPS) is 13.4. The van der Waals surface area contributed by atoms with Crippen LogP contribution < -0.4 is 5.32 Å². The van der Waals surface area contributed by atoms with Gasteiger partial charge in [-0.25, -0.2) is 0 Å². The third-order valence-electron chi connectivity index (χ3n) is 1.64. The number of aliphatic hydroxyl groups is 1. The average molecular weight is 155 g/mol. The predicted molar refractivity (Wildman–Crippen MR) is 42.3 cm³/mol. The highest BCUT2D eigenvalue weighted by Crippen LogP contribution is 2.14. The van der Waals surface area contributed by atoms with E-state index in [0.717, 1.165) is 11.5 Å². The molecule has 1 rings (SSSR count). The van der Waals surface area contributed by atoms with E-state index in [1.54, 1.807) is 7.05 Å². The van der Waals surface area contributed by atoms with E-state index < -0.39 is 0 Å². The van der Waals surface area contributed by atoms with E-state index in [-0.39, 0.29) is 12.6 Å². The number of likely N-dealkylation sites (N-methyl/N-ethyl adjacent to an activating group) is 1. The van der Waals surface area contributed by atoms with E-state index in [9.17, 15) is 0 Å². The summed E-state index contributed by atoms with van der Waals surface area (Å²) in [7, 11) is 1.79. The van der Waals surface area contributed by atoms with Gasteiger partial charge in [0.15, 0.2) is 0 Å². The molecule has 0 aliphatic rings. The van der Waals surface area contributed by atoms with E-state index in [2.05, 4.69) is 5.32 Å². The zero-order valence-electron chi connectivity index (χ0n) is 6.79. The first-order chi connectivity index (χ1) is 5.27. The Kier molecular flexibility index (Phi) is 2.68. The summed E-state index contributed by atoms with van der Waals surface area (Å²) in [5, 5.41) is 11.8. The molecule has 3 nitrogen and oxygen atoms in total. The van der Waals surface area contributed by atoms with Crippen LogP contribution in [0.2, 0.25) is 0 Å². The van der Waals surface area contributed by atoms with Crippen molar-refractivity contribution < 1.29 is 9.52 Å². The highest BCUT2D eigenvalue weighted by Gasteiger charge is 2.10. The van der Waals surface area contributed by atoms with Crippen LogP contribution in [0.3, 0.4) is 0 Å². The molecule has 1 aromatic heterocycles. The van der Waals surface area contributed by atoms with Crippen molar-refractivity contribution >= 4 is 0 Å². The number of aryl methyl sites for hydroxylation is 1. The summed E-state index contributed by atoms with van der Waals surface area (Å²) in [6.07, 6.45) is 0. The molecule has 0 fully saturated rings. The van der Waals surface area contributed by atoms with Crippen molar-refractivity contribution in [3.63, 3.8) is 0 Å². The molecule has 0 bridgehead atoms. The first-order valence-electron chi connectivity index (χ1n) is 3.62. The third-order valence-corrected chi connectivity index (χ3v) is 1.64. The first kappa shape index (κ1) is 8.30. The standard InChI is InChI=1S/C8H13NO2/c1-6-3-4-8(11-6)7(5-10)9-2/h3-4,7,9-10H,5H2,1-2H3/t7-/m1/s1. The van der Waals surface area contributed by atoms with Gasteiger partial charge in [-0.15, -0.1) is 0 Å². The SMILES string of the molecule is CN[C@H](CO)c1ccc(C)o1. The van der Waals surface area contributed by atoms with Gasteiger partial charge in [0.2, 0.25) is 0 Å². The molecule has 0 radical (unpaired) electrons. The van der Waals surface area contributed by atoms with Crippen LogP contribution in [0.4, 0.5) is 0 Å². The van der Waals surface area contributed by atoms with E-state index in [4.69, 9.17) is 9.52 Å². The molecular formula is C8H13NO2. The van der Waals surface area contributed by atoms with Gasteiger partial charge < -0.3 is 14.8 Å². The highest BCUT2D eigenvalue weighted by atomic mass is 16.3. The first-order valence-corrected chi connectivity index (χ1v) is 3.62. The summed E-state index contributed by atoms with van der Waals surface area (Å²) in [6, 6.07) is 3.67. The fourth-order valence-corrected chi connectivity index (χ4v) is 0.964. The Morgan fingerprint density at radius 2 is 2.36 bits per heavy atom. The van der Waals surface area contributed by atoms with Crippen molar-refractivity contribution in [1.82, 2.24) is 5.32 Å². The van der Waals surface area contributed by atoms with Crippen LogP contribution in [0.1, 0.15) is 17.6 Å². The quantitative estimate of drug-likeness (QED) is 0.680. The minimum absolute atomic E-state index is 0.0590. The second kappa shape index (κ2) is 3.55. The lowest BCUT2D eigenvalue weighted by Gasteiger charge is -2.08. The lowest BCUT2D eigenvalue weighted by Crippen LogP contribution is -2.19. The molecule has 1 aromatic rings. The van der Waals surface area contributed by atoms with E-state index in [0.29, 0.717) is 0 Å². The number of aliphatic hydroxyl groups excluding tert-OH is 1. The van der Waals surface area contributed by atoms with Crippen molar-refractivity contribution in [1.29, 1.82) is 0 Å². The molecule has 0 saturated carbocycles. The summed E-state index contributed by atoms with van der Waals surface area (Å²) in [6.45, 7) is 1.94. The maximum Gasteiger partial charge on any atom is 0.123 e. The zero-order valence-corrected chi connectivity index (χ0v) is 6.79. The van der Waals surface area contributed by atoms with Crippen molar-refractivity contribution in [3.8, 4) is 0 Å². The third kappa shape index (κ3) is 1.82. The van der Waals surface area contributed by atoms with Crippen LogP contribution in [0.5, 0.6) is 0 Å². The smallest absolute Gasteiger partial charge is 0.123 e. The maximum absolute atomic E-state index is 8.87. The molecule has 0 aromatic carbocycles. The van der Waals surface area contributed by atoms with Crippen LogP contribution in [-0.4, -0.2) is 18.8 Å². The van der Waals surface area contributed by atoms with Gasteiger partial charge in [-0.2, -0.15) is 0 Å². The van der Waals surface area contributed by atoms with Gasteiger partial charge in [-0.05, 0) is 26.1 Å². The minimum Gasteiger partial charge on any atom is -0.465 e. The van der Waals surface area contributed by atoms with E-state index >= 15 is 0 Å². The lowest BCUT2D eigenvalue weighted by molar-refractivity contribution is 0.232. The number of furan rings is 1. The number of hydrogen-bond acceptors (Lipinski definition) is 3. The molecule has 3 heteroatoms. The largest absolute Gasteiger partial charge is 0.465 e. The molecule has 0 aliphatic heterocycles. The van der Waals surface area contributed by atoms with Crippen LogP contribution in [0.15, 0.2) is 16.5 Å². The topological polar surface area (TPSA) is 45.4 Å². The van der Waals surface area contributed by atoms with Gasteiger partial charge in [0.25, 0.3) is 0 Å². The summed E-state index contributed by atoms with van der Waals surface area (Å²) < 4.78 is 5.30. The molecule has 11 heavy (non-hydrogen) atoms. The number of nitrogens with one attached hydrogen (secondary N) is 1. The Hall–Kier alpha value is -0.800. The van der Waals surface area contributed by atoms with Crippen LogP contribution in [0.25, 0.3) is 0 Å². The van der Waals surface area contributed by atoms with Crippen LogP contribution in [-0.2, 0) is 0 Å². The zero-order chi connectivity index (χ0) is 8.27. The summed E-state index contributed by atoms with van der Waals surface area (Å²) >= 11 is 0. The van der Waals surface area contributed by atoms with E-state index in [1.807, 2.05) is 19.1 Å². The van der Waals surface area contributed by atoms with Crippen molar-refractivity contribution in [3.05, 3.63) is 23.7 Å². The molecule has 2 N–H and O–H groups in total. The summed E-state index contributed by atoms with van der Waals surface area (Å²) in [5.41, 5.74) is 0. The predicted octanol–water partition coefficient (Wildman–Crippen LogP) is 0.841. The summed E-state index contributed by atoms with van der Waals surface area (Å²) in [4.78, 5) is 0. The average Bonchev–Trinajstić information content (AvgIpc) is 2.39. The Morgan fingerprint density at radius 3 is 2.73 bits per heavy atom. The van der Waals surface area contributed by atoms with Gasteiger partial charge >= 0.3 is 0 Å². The Bertz CT molecular complexity index is 216. The highest BCUT2D eigenvalue weighted by molar-refractivity contribution is 5.09. The van der Waals surface area contributed by atoms with Crippen molar-refractivity contribution in [2.45, 2.75) is 13.0 Å². The molecule has 62 valence electrons. The molecule has 0 saturated heterocycles. The fraction of sp³-hybridized carbons (Fsp3) is 0.500. The Balaban J connectivity index is 2.73. The van der Waals surface area contributed by atoms with Crippen molar-refractivity contribution in [2.75, 3.05) is 13.7 Å². The molecule has 1 heterocycles. The Morgan fingerprint density at radius 1 is 1.64 bits per heavy atom. The number of hydrogen-bond donors (Lipinski definition) is 2. The second-order valence-corrected chi connectivity index (χ2v) is 2.47. The molecule has 0 unspecified atom stereocenters. The van der Waals surface area contributed by atoms with Crippen LogP contribution >= 0.6 is 0 Å². The minimum atomic E-state index is -0.0799. The maximum atomic E-state index is 8.87. The lowest BCUT2D eigenvalue weighted by atomic mass is 10.2. The van der Waals surface area contributed by atoms with Crippen LogP contribution in [0, 0.1) is 6.92 Å². The second-order valence-electron chi connectivity index (χ2n) is 2.47. The van der Waals surface area contributed by atoms with E-state index in [1.165, 1.54) is 0 Å². The molecular weight excluding hydrogens is 142 g/mol. The monoisotopic (exact) mass is 155 g/mol. The Labute approximate surface area is 66.0 Å². The van der Waals surface area contributed by atoms with Gasteiger partial charge in [-0.3, -0.25) is 0 Å². The van der Waals surface area contributed by atoms with Gasteiger partial charge in [-0.1, -0.05) is 0 Å². The van der Waals surface area contributed by atoms with Gasteiger partial charge in [0.1, 0.15) is 11.5 Å². The molecule has 0 amide bonds. The molecule has 0 spiro atoms. The van der Waals surface area contributed by atoms with Gasteiger partial charge in [0, 0.05) is 0 Å². The molecule has 0 aliphatic carbocycles. The molecule has 1 atom stereocenters. The van der Waals surface area contributed by atoms with Crippen molar-refractivity contribution in [2.24, 2.45) is 0 Å². The number of rotatable bonds is 3.